The third kappa shape index (κ3) is 2.45. The topological polar surface area (TPSA) is 92.4 Å². The molecular weight excluding hydrogens is 282 g/mol. The van der Waals surface area contributed by atoms with Gasteiger partial charge in [0.15, 0.2) is 0 Å². The highest BCUT2D eigenvalue weighted by atomic mass is 32.2. The third-order valence-electron chi connectivity index (χ3n) is 3.39. The molecule has 7 nitrogen and oxygen atoms in total. The fraction of sp³-hybridized carbons (Fsp3) is 0.667. The Hall–Kier alpha value is -1.41. The molecule has 0 saturated carbocycles. The highest BCUT2D eigenvalue weighted by Gasteiger charge is 2.42. The molecule has 0 spiro atoms. The Bertz CT molecular complexity index is 589. The standard InChI is InChI=1S/C12H19N3O4S/c1-4-19-12(16)10-6-5-7-15(10)20(17,18)11-8(2)13-14-9(11)3/h10H,4-7H2,1-3H3,(H,13,14). The molecule has 20 heavy (non-hydrogen) atoms. The van der Waals surface area contributed by atoms with Crippen LogP contribution in [0.3, 0.4) is 0 Å². The van der Waals surface area contributed by atoms with Crippen molar-refractivity contribution in [2.75, 3.05) is 13.2 Å². The molecule has 0 aliphatic carbocycles. The van der Waals surface area contributed by atoms with Gasteiger partial charge in [-0.25, -0.2) is 8.42 Å². The highest BCUT2D eigenvalue weighted by Crippen LogP contribution is 2.29. The fourth-order valence-corrected chi connectivity index (χ4v) is 4.52. The second kappa shape index (κ2) is 5.53. The Morgan fingerprint density at radius 2 is 2.20 bits per heavy atom. The van der Waals surface area contributed by atoms with Crippen LogP contribution < -0.4 is 0 Å². The first-order valence-electron chi connectivity index (χ1n) is 6.59. The zero-order valence-electron chi connectivity index (χ0n) is 11.8. The number of H-pyrrole nitrogens is 1. The van der Waals surface area contributed by atoms with Gasteiger partial charge >= 0.3 is 5.97 Å². The van der Waals surface area contributed by atoms with Crippen molar-refractivity contribution in [2.24, 2.45) is 0 Å². The molecule has 1 aromatic rings. The molecule has 112 valence electrons. The SMILES string of the molecule is CCOC(=O)C1CCCN1S(=O)(=O)c1c(C)n[nH]c1C. The number of aromatic nitrogens is 2. The molecular formula is C12H19N3O4S. The van der Waals surface area contributed by atoms with Crippen molar-refractivity contribution in [3.8, 4) is 0 Å². The molecule has 0 aromatic carbocycles. The van der Waals surface area contributed by atoms with Crippen molar-refractivity contribution in [2.45, 2.75) is 44.6 Å². The molecule has 0 radical (unpaired) electrons. The van der Waals surface area contributed by atoms with Crippen LogP contribution in [-0.2, 0) is 19.6 Å². The summed E-state index contributed by atoms with van der Waals surface area (Å²) in [6, 6.07) is -0.728. The third-order valence-corrected chi connectivity index (χ3v) is 5.56. The second-order valence-electron chi connectivity index (χ2n) is 4.79. The van der Waals surface area contributed by atoms with Gasteiger partial charge in [0, 0.05) is 6.54 Å². The largest absolute Gasteiger partial charge is 0.465 e. The van der Waals surface area contributed by atoms with Crippen molar-refractivity contribution in [3.63, 3.8) is 0 Å². The van der Waals surface area contributed by atoms with Crippen molar-refractivity contribution in [1.29, 1.82) is 0 Å². The first-order chi connectivity index (χ1) is 9.39. The normalized spacial score (nSPS) is 20.2. The quantitative estimate of drug-likeness (QED) is 0.828. The number of ether oxygens (including phenoxy) is 1. The first kappa shape index (κ1) is 15.0. The molecule has 0 amide bonds. The van der Waals surface area contributed by atoms with Crippen LogP contribution >= 0.6 is 0 Å². The Balaban J connectivity index is 2.36. The van der Waals surface area contributed by atoms with Gasteiger partial charge in [0.05, 0.1) is 18.0 Å². The van der Waals surface area contributed by atoms with Crippen LogP contribution in [0.15, 0.2) is 4.90 Å². The van der Waals surface area contributed by atoms with Gasteiger partial charge in [0.1, 0.15) is 10.9 Å². The Morgan fingerprint density at radius 3 is 2.75 bits per heavy atom. The minimum Gasteiger partial charge on any atom is -0.465 e. The fourth-order valence-electron chi connectivity index (χ4n) is 2.54. The van der Waals surface area contributed by atoms with E-state index >= 15 is 0 Å². The predicted octanol–water partition coefficient (Wildman–Crippen LogP) is 0.743. The van der Waals surface area contributed by atoms with Gasteiger partial charge < -0.3 is 4.74 Å². The molecule has 1 aromatic heterocycles. The number of hydrogen-bond acceptors (Lipinski definition) is 5. The number of esters is 1. The van der Waals surface area contributed by atoms with Gasteiger partial charge in [-0.05, 0) is 33.6 Å². The van der Waals surface area contributed by atoms with Crippen molar-refractivity contribution in [3.05, 3.63) is 11.4 Å². The lowest BCUT2D eigenvalue weighted by Gasteiger charge is -2.22. The van der Waals surface area contributed by atoms with Gasteiger partial charge in [-0.1, -0.05) is 0 Å². The van der Waals surface area contributed by atoms with E-state index in [9.17, 15) is 13.2 Å². The number of aryl methyl sites for hydroxylation is 2. The van der Waals surface area contributed by atoms with Gasteiger partial charge in [0.2, 0.25) is 10.0 Å². The number of carbonyl (C=O) groups is 1. The molecule has 1 atom stereocenters. The summed E-state index contributed by atoms with van der Waals surface area (Å²) in [5.41, 5.74) is 0.897. The molecule has 1 fully saturated rings. The van der Waals surface area contributed by atoms with Gasteiger partial charge in [-0.3, -0.25) is 9.89 Å². The summed E-state index contributed by atoms with van der Waals surface area (Å²) in [4.78, 5) is 12.1. The summed E-state index contributed by atoms with van der Waals surface area (Å²) in [5.74, 6) is -0.479. The Kier molecular flexibility index (Phi) is 4.14. The van der Waals surface area contributed by atoms with Crippen LogP contribution in [0.4, 0.5) is 0 Å². The summed E-state index contributed by atoms with van der Waals surface area (Å²) < 4.78 is 31.6. The van der Waals surface area contributed by atoms with Crippen LogP contribution in [0.2, 0.25) is 0 Å². The number of nitrogens with zero attached hydrogens (tertiary/aromatic N) is 2. The number of aromatic amines is 1. The lowest BCUT2D eigenvalue weighted by molar-refractivity contribution is -0.146. The molecule has 2 rings (SSSR count). The van der Waals surface area contributed by atoms with Crippen molar-refractivity contribution in [1.82, 2.24) is 14.5 Å². The summed E-state index contributed by atoms with van der Waals surface area (Å²) in [5, 5.41) is 6.58. The molecule has 8 heteroatoms. The van der Waals surface area contributed by atoms with Crippen LogP contribution in [0, 0.1) is 13.8 Å². The number of sulfonamides is 1. The zero-order valence-corrected chi connectivity index (χ0v) is 12.7. The van der Waals surface area contributed by atoms with Crippen LogP contribution in [-0.4, -0.2) is 48.1 Å². The smallest absolute Gasteiger partial charge is 0.324 e. The Labute approximate surface area is 118 Å². The van der Waals surface area contributed by atoms with Gasteiger partial charge in [-0.2, -0.15) is 9.40 Å². The number of rotatable bonds is 4. The van der Waals surface area contributed by atoms with Crippen LogP contribution in [0.5, 0.6) is 0 Å². The van der Waals surface area contributed by atoms with E-state index in [0.29, 0.717) is 30.8 Å². The molecule has 2 heterocycles. The van der Waals surface area contributed by atoms with Crippen LogP contribution in [0.1, 0.15) is 31.2 Å². The van der Waals surface area contributed by atoms with Gasteiger partial charge in [-0.15, -0.1) is 0 Å². The average molecular weight is 301 g/mol. The minimum atomic E-state index is -3.73. The maximum Gasteiger partial charge on any atom is 0.324 e. The van der Waals surface area contributed by atoms with E-state index in [0.717, 1.165) is 0 Å². The van der Waals surface area contributed by atoms with Gasteiger partial charge in [0.25, 0.3) is 0 Å². The molecule has 1 saturated heterocycles. The average Bonchev–Trinajstić information content (AvgIpc) is 2.97. The maximum absolute atomic E-state index is 12.7. The summed E-state index contributed by atoms with van der Waals surface area (Å²) >= 11 is 0. The number of hydrogen-bond donors (Lipinski definition) is 1. The van der Waals surface area contributed by atoms with E-state index in [-0.39, 0.29) is 11.5 Å². The van der Waals surface area contributed by atoms with E-state index in [1.807, 2.05) is 0 Å². The maximum atomic E-state index is 12.7. The van der Waals surface area contributed by atoms with Crippen molar-refractivity contribution >= 4 is 16.0 Å². The first-order valence-corrected chi connectivity index (χ1v) is 8.03. The number of nitrogens with one attached hydrogen (secondary N) is 1. The Morgan fingerprint density at radius 1 is 1.50 bits per heavy atom. The van der Waals surface area contributed by atoms with E-state index in [2.05, 4.69) is 10.2 Å². The summed E-state index contributed by atoms with van der Waals surface area (Å²) in [6.07, 6.45) is 1.15. The van der Waals surface area contributed by atoms with E-state index < -0.39 is 22.0 Å². The molecule has 1 unspecified atom stereocenters. The lowest BCUT2D eigenvalue weighted by atomic mass is 10.2. The summed E-state index contributed by atoms with van der Waals surface area (Å²) in [6.45, 7) is 5.56. The molecule has 1 aliphatic rings. The lowest BCUT2D eigenvalue weighted by Crippen LogP contribution is -2.41. The van der Waals surface area contributed by atoms with Crippen LogP contribution in [0.25, 0.3) is 0 Å². The predicted molar refractivity (Wildman–Crippen MR) is 71.6 cm³/mol. The van der Waals surface area contributed by atoms with Crippen molar-refractivity contribution < 1.29 is 17.9 Å². The van der Waals surface area contributed by atoms with E-state index in [1.165, 1.54) is 4.31 Å². The molecule has 1 aliphatic heterocycles. The molecule has 0 bridgehead atoms. The highest BCUT2D eigenvalue weighted by molar-refractivity contribution is 7.89. The minimum absolute atomic E-state index is 0.161. The number of carbonyl (C=O) groups excluding carboxylic acids is 1. The second-order valence-corrected chi connectivity index (χ2v) is 6.62. The van der Waals surface area contributed by atoms with E-state index in [4.69, 9.17) is 4.74 Å². The zero-order chi connectivity index (χ0) is 14.9. The molecule has 1 N–H and O–H groups in total. The summed E-state index contributed by atoms with van der Waals surface area (Å²) in [7, 11) is -3.73. The van der Waals surface area contributed by atoms with E-state index in [1.54, 1.807) is 20.8 Å². The monoisotopic (exact) mass is 301 g/mol.